The molecule has 3 N–H and O–H groups in total. The maximum Gasteiger partial charge on any atom is 0.146 e. The van der Waals surface area contributed by atoms with Gasteiger partial charge in [0, 0.05) is 64.3 Å². The van der Waals surface area contributed by atoms with E-state index in [0.717, 1.165) is 35.0 Å². The molecule has 0 spiro atoms. The van der Waals surface area contributed by atoms with E-state index >= 15 is 0 Å². The molecule has 0 saturated carbocycles. The number of halogens is 1. The summed E-state index contributed by atoms with van der Waals surface area (Å²) in [4.78, 5) is 11.4. The summed E-state index contributed by atoms with van der Waals surface area (Å²) in [6, 6.07) is 10.0. The van der Waals surface area contributed by atoms with Gasteiger partial charge < -0.3 is 10.6 Å². The summed E-state index contributed by atoms with van der Waals surface area (Å²) in [7, 11) is -0.787. The smallest absolute Gasteiger partial charge is 0.146 e. The highest BCUT2D eigenvalue weighted by Gasteiger charge is 2.17. The molecule has 150 valence electrons. The third-order valence-electron chi connectivity index (χ3n) is 4.76. The van der Waals surface area contributed by atoms with Gasteiger partial charge in [0.2, 0.25) is 0 Å². The van der Waals surface area contributed by atoms with Gasteiger partial charge in [-0.3, -0.25) is 14.3 Å². The predicted molar refractivity (Wildman–Crippen MR) is 122 cm³/mol. The second kappa shape index (κ2) is 8.87. The van der Waals surface area contributed by atoms with E-state index in [-0.39, 0.29) is 0 Å². The molecule has 1 saturated heterocycles. The van der Waals surface area contributed by atoms with E-state index in [0.29, 0.717) is 34.2 Å². The molecule has 1 unspecified atom stereocenters. The lowest BCUT2D eigenvalue weighted by Crippen LogP contribution is -2.27. The van der Waals surface area contributed by atoms with Crippen molar-refractivity contribution in [1.29, 1.82) is 0 Å². The summed E-state index contributed by atoms with van der Waals surface area (Å²) >= 11 is 3.55. The molecule has 1 aromatic carbocycles. The summed E-state index contributed by atoms with van der Waals surface area (Å²) in [5.41, 5.74) is 8.79. The van der Waals surface area contributed by atoms with E-state index in [4.69, 9.17) is 10.7 Å². The number of para-hydroxylation sites is 1. The van der Waals surface area contributed by atoms with Gasteiger partial charge in [-0.15, -0.1) is 0 Å². The van der Waals surface area contributed by atoms with Gasteiger partial charge in [0.15, 0.2) is 0 Å². The number of H-pyrrole nitrogens is 1. The Balaban J connectivity index is 1.81. The molecule has 1 aliphatic rings. The van der Waals surface area contributed by atoms with Gasteiger partial charge in [-0.05, 0) is 34.5 Å². The summed E-state index contributed by atoms with van der Waals surface area (Å²) in [6.07, 6.45) is 6.12. The van der Waals surface area contributed by atoms with Crippen LogP contribution in [0.2, 0.25) is 0 Å². The summed E-state index contributed by atoms with van der Waals surface area (Å²) in [5.74, 6) is 2.41. The van der Waals surface area contributed by atoms with Crippen LogP contribution in [0.25, 0.3) is 22.0 Å². The Morgan fingerprint density at radius 2 is 1.90 bits per heavy atom. The van der Waals surface area contributed by atoms with Crippen molar-refractivity contribution in [2.75, 3.05) is 35.2 Å². The highest BCUT2D eigenvalue weighted by Crippen LogP contribution is 2.28. The maximum atomic E-state index is 11.9. The van der Waals surface area contributed by atoms with Gasteiger partial charge in [-0.25, -0.2) is 4.98 Å². The van der Waals surface area contributed by atoms with Gasteiger partial charge in [0.25, 0.3) is 0 Å². The second-order valence-corrected chi connectivity index (χ2v) is 9.23. The van der Waals surface area contributed by atoms with Crippen LogP contribution in [-0.2, 0) is 10.8 Å². The Morgan fingerprint density at radius 3 is 2.79 bits per heavy atom. The van der Waals surface area contributed by atoms with Crippen LogP contribution < -0.4 is 10.6 Å². The molecule has 1 aliphatic heterocycles. The van der Waals surface area contributed by atoms with E-state index in [1.165, 1.54) is 0 Å². The van der Waals surface area contributed by atoms with Crippen molar-refractivity contribution in [3.63, 3.8) is 0 Å². The molecule has 7 nitrogen and oxygen atoms in total. The Kier molecular flexibility index (Phi) is 6.05. The third kappa shape index (κ3) is 4.56. The fraction of sp³-hybridized carbons (Fsp3) is 0.250. The molecule has 0 aliphatic carbocycles. The number of benzene rings is 1. The van der Waals surface area contributed by atoms with E-state index < -0.39 is 10.8 Å². The summed E-state index contributed by atoms with van der Waals surface area (Å²) < 4.78 is 12.6. The Morgan fingerprint density at radius 1 is 1.07 bits per heavy atom. The molecule has 3 heterocycles. The Bertz CT molecular complexity index is 1120. The highest BCUT2D eigenvalue weighted by molar-refractivity contribution is 9.10. The lowest BCUT2D eigenvalue weighted by atomic mass is 10.1. The zero-order valence-corrected chi connectivity index (χ0v) is 18.1. The molecule has 1 atom stereocenters. The molecule has 0 amide bonds. The van der Waals surface area contributed by atoms with Gasteiger partial charge in [-0.2, -0.15) is 5.10 Å². The van der Waals surface area contributed by atoms with E-state index in [2.05, 4.69) is 42.1 Å². The quantitative estimate of drug-likeness (QED) is 0.592. The van der Waals surface area contributed by atoms with Gasteiger partial charge >= 0.3 is 0 Å². The van der Waals surface area contributed by atoms with Crippen molar-refractivity contribution in [2.45, 2.75) is 6.42 Å². The molecular formula is C20H21BrN6OS. The first kappa shape index (κ1) is 19.8. The average Bonchev–Trinajstić information content (AvgIpc) is 2.92. The molecule has 1 fully saturated rings. The number of rotatable bonds is 2. The number of anilines is 2. The van der Waals surface area contributed by atoms with Gasteiger partial charge in [0.05, 0.1) is 11.7 Å². The van der Waals surface area contributed by atoms with Crippen molar-refractivity contribution in [3.8, 4) is 11.1 Å². The molecule has 29 heavy (non-hydrogen) atoms. The van der Waals surface area contributed by atoms with Crippen molar-refractivity contribution >= 4 is 49.3 Å². The molecule has 2 aromatic heterocycles. The zero-order chi connectivity index (χ0) is 20.2. The predicted octanol–water partition coefficient (Wildman–Crippen LogP) is 3.45. The first-order valence-electron chi connectivity index (χ1n) is 9.29. The van der Waals surface area contributed by atoms with Crippen molar-refractivity contribution in [1.82, 2.24) is 20.2 Å². The normalized spacial score (nSPS) is 17.0. The molecular weight excluding hydrogens is 452 g/mol. The van der Waals surface area contributed by atoms with Crippen LogP contribution in [0, 0.1) is 0 Å². The lowest BCUT2D eigenvalue weighted by Gasteiger charge is -2.21. The largest absolute Gasteiger partial charge is 0.383 e. The van der Waals surface area contributed by atoms with Gasteiger partial charge in [0.1, 0.15) is 16.1 Å². The topological polar surface area (TPSA) is 101 Å². The number of nitrogens with two attached hydrogens (primary N) is 1. The third-order valence-corrected chi connectivity index (χ3v) is 6.92. The number of pyridine rings is 1. The van der Waals surface area contributed by atoms with Gasteiger partial charge in [-0.1, -0.05) is 18.2 Å². The highest BCUT2D eigenvalue weighted by atomic mass is 79.9. The van der Waals surface area contributed by atoms with Crippen molar-refractivity contribution in [3.05, 3.63) is 53.4 Å². The number of nitrogen functional groups attached to an aromatic ring is 1. The zero-order valence-electron chi connectivity index (χ0n) is 15.7. The minimum Gasteiger partial charge on any atom is -0.383 e. The summed E-state index contributed by atoms with van der Waals surface area (Å²) in [6.45, 7) is 1.43. The van der Waals surface area contributed by atoms with Crippen molar-refractivity contribution < 1.29 is 4.21 Å². The van der Waals surface area contributed by atoms with Crippen LogP contribution in [-0.4, -0.2) is 49.0 Å². The maximum absolute atomic E-state index is 11.9. The van der Waals surface area contributed by atoms with Crippen molar-refractivity contribution in [2.24, 2.45) is 0 Å². The number of fused-ring (bicyclic) bond motifs is 1. The first-order chi connectivity index (χ1) is 14.1. The van der Waals surface area contributed by atoms with Crippen LogP contribution in [0.5, 0.6) is 0 Å². The number of aromatic amines is 1. The molecule has 4 rings (SSSR count). The van der Waals surface area contributed by atoms with Crippen LogP contribution in [0.1, 0.15) is 6.42 Å². The number of hydrogen-bond donors (Lipinski definition) is 2. The van der Waals surface area contributed by atoms with Crippen LogP contribution in [0.15, 0.2) is 53.4 Å². The van der Waals surface area contributed by atoms with E-state index in [9.17, 15) is 4.21 Å². The molecule has 0 radical (unpaired) electrons. The molecule has 9 heteroatoms. The van der Waals surface area contributed by atoms with E-state index in [1.54, 1.807) is 12.4 Å². The number of hydrogen-bond acceptors (Lipinski definition) is 6. The van der Waals surface area contributed by atoms with Crippen LogP contribution >= 0.6 is 15.9 Å². The number of nitrogens with zero attached hydrogens (tertiary/aromatic N) is 4. The standard InChI is InChI=1S/C20H21BrN6OS/c21-18-19(22)26-25-13-16(15-10-14-4-1-2-5-17(14)23-11-15)12-24-20(18)27-6-3-8-29(28)9-7-27/h1-2,4-5,10-13,26H,3,6-9,22H2. The van der Waals surface area contributed by atoms with Crippen LogP contribution in [0.4, 0.5) is 11.6 Å². The minimum atomic E-state index is -0.787. The first-order valence-corrected chi connectivity index (χ1v) is 11.6. The lowest BCUT2D eigenvalue weighted by molar-refractivity contribution is 0.683. The SMILES string of the molecule is Nc1[nH]ncc(-c2cnc3ccccc3c2)cnc(N2CCCS(=O)CC2)c1Br. The summed E-state index contributed by atoms with van der Waals surface area (Å²) in [5, 5.41) is 8.15. The molecule has 0 bridgehead atoms. The number of nitrogens with one attached hydrogen (secondary N) is 1. The fourth-order valence-corrected chi connectivity index (χ4v) is 4.74. The fourth-order valence-electron chi connectivity index (χ4n) is 3.21. The van der Waals surface area contributed by atoms with E-state index in [1.807, 2.05) is 30.5 Å². The minimum absolute atomic E-state index is 0.372. The van der Waals surface area contributed by atoms with Crippen LogP contribution in [0.3, 0.4) is 0 Å². The second-order valence-electron chi connectivity index (χ2n) is 6.74. The Hall–Kier alpha value is -2.52. The molecule has 3 aromatic rings. The number of aromatic nitrogens is 4. The Labute approximate surface area is 179 Å². The monoisotopic (exact) mass is 472 g/mol. The average molecular weight is 473 g/mol.